The number of thioether (sulfide) groups is 2. The molecule has 0 spiro atoms. The summed E-state index contributed by atoms with van der Waals surface area (Å²) in [5.74, 6) is 0.729. The molecule has 3 unspecified atom stereocenters. The molecule has 0 radical (unpaired) electrons. The van der Waals surface area contributed by atoms with E-state index in [1.165, 1.54) is 14.0 Å². The molecule has 3 atom stereocenters. The molecule has 1 saturated heterocycles. The number of amidine groups is 1. The summed E-state index contributed by atoms with van der Waals surface area (Å²) >= 11 is 3.48. The molecule has 0 aliphatic carbocycles. The van der Waals surface area contributed by atoms with Crippen molar-refractivity contribution >= 4 is 40.8 Å². The van der Waals surface area contributed by atoms with Gasteiger partial charge in [0.1, 0.15) is 6.04 Å². The van der Waals surface area contributed by atoms with Gasteiger partial charge in [-0.25, -0.2) is 0 Å². The fraction of sp³-hybridized carbons (Fsp3) is 0.800. The number of fused-ring (bicyclic) bond motifs is 1. The van der Waals surface area contributed by atoms with Gasteiger partial charge in [-0.05, 0) is 30.9 Å². The largest absolute Gasteiger partial charge is 0.507 e. The average molecular weight is 362 g/mol. The van der Waals surface area contributed by atoms with Crippen LogP contribution in [0.3, 0.4) is 0 Å². The number of carbonyl (C=O) groups excluding carboxylic acids is 2. The number of nitrogens with one attached hydrogen (secondary N) is 1. The number of methoxy groups -OCH3 is 1. The molecule has 23 heavy (non-hydrogen) atoms. The Morgan fingerprint density at radius 1 is 1.39 bits per heavy atom. The van der Waals surface area contributed by atoms with E-state index in [9.17, 15) is 9.59 Å². The first-order chi connectivity index (χ1) is 11.1. The molecule has 2 aliphatic heterocycles. The van der Waals surface area contributed by atoms with E-state index in [1.54, 1.807) is 16.7 Å². The van der Waals surface area contributed by atoms with E-state index in [0.717, 1.165) is 36.6 Å². The standard InChI is InChI=1S/C15H24N2O4S2/c1-10(18)21-8-6-4-5-7-12-13-11(9-23-12)17(15(19)20-2)14(16-13)22-3/h11-13H,4-9H2,1-3H3/p+1. The van der Waals surface area contributed by atoms with Gasteiger partial charge >= 0.3 is 17.2 Å². The van der Waals surface area contributed by atoms with E-state index in [4.69, 9.17) is 9.47 Å². The summed E-state index contributed by atoms with van der Waals surface area (Å²) in [5.41, 5.74) is 0. The molecule has 0 aromatic heterocycles. The highest BCUT2D eigenvalue weighted by atomic mass is 32.2. The summed E-state index contributed by atoms with van der Waals surface area (Å²) in [5, 5.41) is 1.40. The Balaban J connectivity index is 1.80. The van der Waals surface area contributed by atoms with Gasteiger partial charge in [0.25, 0.3) is 0 Å². The lowest BCUT2D eigenvalue weighted by molar-refractivity contribution is -0.490. The number of hydrogen-bond donors (Lipinski definition) is 1. The second-order valence-electron chi connectivity index (χ2n) is 5.65. The number of unbranched alkanes of at least 4 members (excludes halogenated alkanes) is 2. The van der Waals surface area contributed by atoms with Crippen LogP contribution in [-0.2, 0) is 14.3 Å². The first kappa shape index (κ1) is 18.4. The number of hydrogen-bond acceptors (Lipinski definition) is 6. The minimum atomic E-state index is -0.281. The molecule has 130 valence electrons. The minimum absolute atomic E-state index is 0.181. The third-order valence-corrected chi connectivity index (χ3v) is 6.33. The smallest absolute Gasteiger partial charge is 0.466 e. The lowest BCUT2D eigenvalue weighted by atomic mass is 10.0. The van der Waals surface area contributed by atoms with Gasteiger partial charge in [0, 0.05) is 17.9 Å². The van der Waals surface area contributed by atoms with Crippen LogP contribution in [0.2, 0.25) is 0 Å². The molecule has 1 amide bonds. The Morgan fingerprint density at radius 2 is 2.17 bits per heavy atom. The zero-order valence-corrected chi connectivity index (χ0v) is 15.5. The third kappa shape index (κ3) is 4.56. The van der Waals surface area contributed by atoms with Crippen LogP contribution < -0.4 is 4.99 Å². The van der Waals surface area contributed by atoms with E-state index in [1.807, 2.05) is 18.0 Å². The van der Waals surface area contributed by atoms with Crippen LogP contribution in [-0.4, -0.2) is 65.2 Å². The van der Waals surface area contributed by atoms with Crippen molar-refractivity contribution < 1.29 is 24.1 Å². The van der Waals surface area contributed by atoms with Gasteiger partial charge in [-0.15, -0.1) is 16.7 Å². The average Bonchev–Trinajstić information content (AvgIpc) is 3.08. The van der Waals surface area contributed by atoms with Gasteiger partial charge in [-0.1, -0.05) is 12.8 Å². The highest BCUT2D eigenvalue weighted by molar-refractivity contribution is 8.13. The highest BCUT2D eigenvalue weighted by Gasteiger charge is 2.54. The normalized spacial score (nSPS) is 26.0. The first-order valence-electron chi connectivity index (χ1n) is 7.88. The van der Waals surface area contributed by atoms with Crippen LogP contribution in [0, 0.1) is 0 Å². The van der Waals surface area contributed by atoms with Crippen molar-refractivity contribution in [3.8, 4) is 0 Å². The maximum atomic E-state index is 12.0. The van der Waals surface area contributed by atoms with Crippen LogP contribution >= 0.6 is 23.5 Å². The molecule has 1 fully saturated rings. The van der Waals surface area contributed by atoms with Gasteiger partial charge in [0.2, 0.25) is 0 Å². The van der Waals surface area contributed by atoms with Crippen LogP contribution in [0.15, 0.2) is 0 Å². The van der Waals surface area contributed by atoms with Gasteiger partial charge in [0.05, 0.1) is 13.7 Å². The number of carbonyl (C=O) groups is 2. The van der Waals surface area contributed by atoms with Crippen LogP contribution in [0.1, 0.15) is 32.6 Å². The number of rotatable bonds is 6. The molecule has 2 heterocycles. The maximum absolute atomic E-state index is 12.0. The lowest BCUT2D eigenvalue weighted by Crippen LogP contribution is -2.79. The van der Waals surface area contributed by atoms with Gasteiger partial charge < -0.3 is 9.47 Å². The number of ether oxygens (including phenoxy) is 2. The number of nitrogens with zero attached hydrogens (tertiary/aromatic N) is 1. The van der Waals surface area contributed by atoms with Crippen molar-refractivity contribution in [2.75, 3.05) is 25.7 Å². The van der Waals surface area contributed by atoms with Crippen molar-refractivity contribution in [3.05, 3.63) is 0 Å². The highest BCUT2D eigenvalue weighted by Crippen LogP contribution is 2.34. The molecule has 6 nitrogen and oxygen atoms in total. The summed E-state index contributed by atoms with van der Waals surface area (Å²) in [6, 6.07) is 0.482. The van der Waals surface area contributed by atoms with Crippen molar-refractivity contribution in [2.24, 2.45) is 0 Å². The second kappa shape index (κ2) is 8.82. The monoisotopic (exact) mass is 361 g/mol. The van der Waals surface area contributed by atoms with E-state index < -0.39 is 0 Å². The predicted octanol–water partition coefficient (Wildman–Crippen LogP) is 0.844. The molecule has 8 heteroatoms. The Hall–Kier alpha value is -0.890. The molecule has 0 aromatic carbocycles. The van der Waals surface area contributed by atoms with Gasteiger partial charge in [0.15, 0.2) is 6.04 Å². The van der Waals surface area contributed by atoms with Crippen LogP contribution in [0.5, 0.6) is 0 Å². The Labute approximate surface area is 145 Å². The fourth-order valence-corrected chi connectivity index (χ4v) is 5.29. The zero-order valence-electron chi connectivity index (χ0n) is 13.9. The molecule has 2 rings (SSSR count). The van der Waals surface area contributed by atoms with E-state index >= 15 is 0 Å². The lowest BCUT2D eigenvalue weighted by Gasteiger charge is -2.15. The van der Waals surface area contributed by atoms with Gasteiger partial charge in [-0.3, -0.25) is 9.79 Å². The SMILES string of the molecule is COC(=O)N1C(SC)=[NH+]C2C(CCCCCOC(C)=O)SCC21. The summed E-state index contributed by atoms with van der Waals surface area (Å²) in [6.07, 6.45) is 5.87. The summed E-state index contributed by atoms with van der Waals surface area (Å²) in [4.78, 5) is 28.0. The van der Waals surface area contributed by atoms with Crippen molar-refractivity contribution in [1.82, 2.24) is 4.90 Å². The molecule has 0 bridgehead atoms. The zero-order chi connectivity index (χ0) is 16.8. The minimum Gasteiger partial charge on any atom is -0.466 e. The van der Waals surface area contributed by atoms with Crippen molar-refractivity contribution in [3.63, 3.8) is 0 Å². The predicted molar refractivity (Wildman–Crippen MR) is 92.7 cm³/mol. The molecule has 2 aliphatic rings. The van der Waals surface area contributed by atoms with E-state index in [-0.39, 0.29) is 18.1 Å². The second-order valence-corrected chi connectivity index (χ2v) is 7.72. The Bertz CT molecular complexity index is 472. The Kier molecular flexibility index (Phi) is 7.08. The molecule has 0 saturated carbocycles. The van der Waals surface area contributed by atoms with Crippen molar-refractivity contribution in [1.29, 1.82) is 0 Å². The van der Waals surface area contributed by atoms with Gasteiger partial charge in [-0.2, -0.15) is 4.79 Å². The van der Waals surface area contributed by atoms with E-state index in [2.05, 4.69) is 4.99 Å². The third-order valence-electron chi connectivity index (χ3n) is 4.14. The maximum Gasteiger partial charge on any atom is 0.507 e. The fourth-order valence-electron chi connectivity index (χ4n) is 3.04. The van der Waals surface area contributed by atoms with Crippen LogP contribution in [0.4, 0.5) is 4.79 Å². The summed E-state index contributed by atoms with van der Waals surface area (Å²) < 4.78 is 9.86. The molecular weight excluding hydrogens is 336 g/mol. The summed E-state index contributed by atoms with van der Waals surface area (Å²) in [7, 11) is 1.43. The molecule has 1 N–H and O–H groups in total. The topological polar surface area (TPSA) is 69.8 Å². The molecular formula is C15H25N2O4S2+. The van der Waals surface area contributed by atoms with Crippen molar-refractivity contribution in [2.45, 2.75) is 49.9 Å². The molecule has 0 aromatic rings. The Morgan fingerprint density at radius 3 is 2.83 bits per heavy atom. The van der Waals surface area contributed by atoms with E-state index in [0.29, 0.717) is 17.9 Å². The number of amides is 1. The van der Waals surface area contributed by atoms with Crippen LogP contribution in [0.25, 0.3) is 0 Å². The first-order valence-corrected chi connectivity index (χ1v) is 10.2. The summed E-state index contributed by atoms with van der Waals surface area (Å²) in [6.45, 7) is 1.95. The number of esters is 1. The quantitative estimate of drug-likeness (QED) is 0.559.